The Bertz CT molecular complexity index is 1170. The molecule has 0 fully saturated rings. The molecule has 194 valence electrons. The van der Waals surface area contributed by atoms with Crippen molar-refractivity contribution in [3.63, 3.8) is 0 Å². The molecule has 2 atom stereocenters. The molecule has 3 aromatic rings. The lowest BCUT2D eigenvalue weighted by Crippen LogP contribution is -2.47. The number of nitrogens with two attached hydrogens (primary N) is 1. The minimum absolute atomic E-state index is 0.203. The number of carbonyl (C=O) groups is 1. The molecule has 9 heteroatoms. The predicted octanol–water partition coefficient (Wildman–Crippen LogP) is 5.29. The lowest BCUT2D eigenvalue weighted by molar-refractivity contribution is 0.106. The molecule has 1 aromatic heterocycles. The van der Waals surface area contributed by atoms with Crippen LogP contribution in [0.2, 0.25) is 0 Å². The monoisotopic (exact) mass is 501 g/mol. The van der Waals surface area contributed by atoms with E-state index < -0.39 is 30.0 Å². The van der Waals surface area contributed by atoms with E-state index in [4.69, 9.17) is 10.7 Å². The molecule has 3 rings (SSSR count). The summed E-state index contributed by atoms with van der Waals surface area (Å²) in [5.41, 5.74) is 7.13. The van der Waals surface area contributed by atoms with Crippen molar-refractivity contribution in [1.29, 1.82) is 0 Å². The number of rotatable bonds is 9. The van der Waals surface area contributed by atoms with Crippen LogP contribution in [0.4, 0.5) is 18.0 Å². The first-order chi connectivity index (χ1) is 17.0. The number of aromatic nitrogens is 2. The number of nitrogens with zero attached hydrogens (tertiary/aromatic N) is 3. The molecule has 0 aliphatic heterocycles. The molecule has 2 aromatic carbocycles. The maximum atomic E-state index is 14.0. The van der Waals surface area contributed by atoms with E-state index in [1.165, 1.54) is 31.3 Å². The number of hydrogen-bond donors (Lipinski definition) is 2. The number of alkyl halides is 1. The Hall–Kier alpha value is -3.33. The summed E-state index contributed by atoms with van der Waals surface area (Å²) in [5, 5.41) is 2.67. The molecule has 0 aliphatic rings. The van der Waals surface area contributed by atoms with Gasteiger partial charge in [-0.1, -0.05) is 45.0 Å². The third-order valence-electron chi connectivity index (χ3n) is 5.96. The van der Waals surface area contributed by atoms with Crippen LogP contribution in [0.3, 0.4) is 0 Å². The molecular weight excluding hydrogens is 467 g/mol. The number of urea groups is 1. The SMILES string of the molecule is CNC(=O)N(CC[C@@H](N)CF)[C@@H](c1nc(-c2cccc(F)c2)cn1Cc1cccc(F)c1)C(C)(C)C. The van der Waals surface area contributed by atoms with Gasteiger partial charge >= 0.3 is 6.03 Å². The van der Waals surface area contributed by atoms with Crippen LogP contribution < -0.4 is 11.1 Å². The minimum Gasteiger partial charge on any atom is -0.341 e. The lowest BCUT2D eigenvalue weighted by Gasteiger charge is -2.40. The van der Waals surface area contributed by atoms with Gasteiger partial charge < -0.3 is 20.5 Å². The highest BCUT2D eigenvalue weighted by Gasteiger charge is 2.38. The Morgan fingerprint density at radius 3 is 2.39 bits per heavy atom. The van der Waals surface area contributed by atoms with Crippen molar-refractivity contribution in [3.05, 3.63) is 77.8 Å². The minimum atomic E-state index is -0.701. The van der Waals surface area contributed by atoms with Gasteiger partial charge in [0.25, 0.3) is 0 Å². The second kappa shape index (κ2) is 11.6. The maximum absolute atomic E-state index is 14.0. The number of imidazole rings is 1. The molecule has 0 saturated heterocycles. The van der Waals surface area contributed by atoms with Crippen LogP contribution in [-0.2, 0) is 6.54 Å². The van der Waals surface area contributed by atoms with Crippen molar-refractivity contribution in [3.8, 4) is 11.3 Å². The molecule has 3 N–H and O–H groups in total. The van der Waals surface area contributed by atoms with Gasteiger partial charge in [0, 0.05) is 37.9 Å². The zero-order valence-electron chi connectivity index (χ0n) is 21.1. The molecule has 0 bridgehead atoms. The van der Waals surface area contributed by atoms with E-state index >= 15 is 0 Å². The summed E-state index contributed by atoms with van der Waals surface area (Å²) in [6.07, 6.45) is 2.04. The Balaban J connectivity index is 2.16. The molecule has 0 saturated carbocycles. The summed E-state index contributed by atoms with van der Waals surface area (Å²) < 4.78 is 42.9. The van der Waals surface area contributed by atoms with E-state index in [1.54, 1.807) is 35.4 Å². The van der Waals surface area contributed by atoms with Gasteiger partial charge in [0.1, 0.15) is 24.1 Å². The van der Waals surface area contributed by atoms with Crippen LogP contribution in [0.1, 0.15) is 44.6 Å². The van der Waals surface area contributed by atoms with Crippen LogP contribution in [0, 0.1) is 17.0 Å². The van der Waals surface area contributed by atoms with Crippen LogP contribution in [0.25, 0.3) is 11.3 Å². The van der Waals surface area contributed by atoms with E-state index in [9.17, 15) is 18.0 Å². The number of halogens is 3. The van der Waals surface area contributed by atoms with Crippen molar-refractivity contribution in [2.24, 2.45) is 11.1 Å². The van der Waals surface area contributed by atoms with Gasteiger partial charge in [-0.3, -0.25) is 0 Å². The zero-order valence-corrected chi connectivity index (χ0v) is 21.1. The highest BCUT2D eigenvalue weighted by molar-refractivity contribution is 5.74. The first kappa shape index (κ1) is 27.3. The molecule has 6 nitrogen and oxygen atoms in total. The van der Waals surface area contributed by atoms with Crippen LogP contribution in [-0.4, -0.2) is 46.8 Å². The molecule has 0 aliphatic carbocycles. The Morgan fingerprint density at radius 1 is 1.14 bits per heavy atom. The average molecular weight is 502 g/mol. The topological polar surface area (TPSA) is 76.2 Å². The fraction of sp³-hybridized carbons (Fsp3) is 0.407. The number of benzene rings is 2. The standard InChI is InChI=1S/C27H34F3N5O/c1-27(2,3)24(35(26(36)32-4)12-11-22(31)15-28)25-33-23(19-8-6-10-21(30)14-19)17-34(25)16-18-7-5-9-20(29)13-18/h5-10,13-14,17,22,24H,11-12,15-16,31H2,1-4H3,(H,32,36)/t22-,24+/m1/s1. The fourth-order valence-corrected chi connectivity index (χ4v) is 4.26. The Morgan fingerprint density at radius 2 is 1.81 bits per heavy atom. The molecular formula is C27H34F3N5O. The maximum Gasteiger partial charge on any atom is 0.317 e. The van der Waals surface area contributed by atoms with Crippen molar-refractivity contribution in [2.75, 3.05) is 20.3 Å². The smallest absolute Gasteiger partial charge is 0.317 e. The third-order valence-corrected chi connectivity index (χ3v) is 5.96. The lowest BCUT2D eigenvalue weighted by atomic mass is 9.84. The van der Waals surface area contributed by atoms with Gasteiger partial charge in [-0.15, -0.1) is 0 Å². The van der Waals surface area contributed by atoms with Gasteiger partial charge in [0.15, 0.2) is 0 Å². The number of amides is 2. The number of carbonyl (C=O) groups excluding carboxylic acids is 1. The molecule has 0 unspecified atom stereocenters. The average Bonchev–Trinajstić information content (AvgIpc) is 3.22. The first-order valence-corrected chi connectivity index (χ1v) is 11.9. The molecule has 0 spiro atoms. The zero-order chi connectivity index (χ0) is 26.5. The number of hydrogen-bond acceptors (Lipinski definition) is 3. The van der Waals surface area contributed by atoms with E-state index in [0.29, 0.717) is 22.6 Å². The van der Waals surface area contributed by atoms with Gasteiger partial charge in [-0.2, -0.15) is 0 Å². The quantitative estimate of drug-likeness (QED) is 0.418. The van der Waals surface area contributed by atoms with Gasteiger partial charge in [-0.05, 0) is 41.7 Å². The largest absolute Gasteiger partial charge is 0.341 e. The molecule has 36 heavy (non-hydrogen) atoms. The summed E-state index contributed by atoms with van der Waals surface area (Å²) >= 11 is 0. The highest BCUT2D eigenvalue weighted by Crippen LogP contribution is 2.39. The second-order valence-electron chi connectivity index (χ2n) is 9.97. The summed E-state index contributed by atoms with van der Waals surface area (Å²) in [6.45, 7) is 5.73. The Labute approximate surface area is 210 Å². The van der Waals surface area contributed by atoms with Crippen LogP contribution in [0.15, 0.2) is 54.7 Å². The van der Waals surface area contributed by atoms with Crippen LogP contribution >= 0.6 is 0 Å². The van der Waals surface area contributed by atoms with Gasteiger partial charge in [0.2, 0.25) is 0 Å². The summed E-state index contributed by atoms with van der Waals surface area (Å²) in [4.78, 5) is 19.5. The van der Waals surface area contributed by atoms with E-state index in [0.717, 1.165) is 0 Å². The van der Waals surface area contributed by atoms with Crippen LogP contribution in [0.5, 0.6) is 0 Å². The molecule has 0 radical (unpaired) electrons. The van der Waals surface area contributed by atoms with Crippen molar-refractivity contribution in [1.82, 2.24) is 19.8 Å². The van der Waals surface area contributed by atoms with E-state index in [1.807, 2.05) is 25.3 Å². The number of nitrogens with one attached hydrogen (secondary N) is 1. The van der Waals surface area contributed by atoms with E-state index in [-0.39, 0.29) is 31.4 Å². The van der Waals surface area contributed by atoms with E-state index in [2.05, 4.69) is 5.32 Å². The van der Waals surface area contributed by atoms with Gasteiger partial charge in [0.05, 0.1) is 11.7 Å². The fourth-order valence-electron chi connectivity index (χ4n) is 4.26. The second-order valence-corrected chi connectivity index (χ2v) is 9.97. The Kier molecular flexibility index (Phi) is 8.79. The van der Waals surface area contributed by atoms with Gasteiger partial charge in [-0.25, -0.2) is 22.9 Å². The van der Waals surface area contributed by atoms with Crippen molar-refractivity contribution in [2.45, 2.75) is 45.8 Å². The summed E-state index contributed by atoms with van der Waals surface area (Å²) in [7, 11) is 1.53. The normalized spacial score (nSPS) is 13.3. The van der Waals surface area contributed by atoms with Crippen molar-refractivity contribution < 1.29 is 18.0 Å². The summed E-state index contributed by atoms with van der Waals surface area (Å²) in [6, 6.07) is 10.7. The molecule has 2 amide bonds. The first-order valence-electron chi connectivity index (χ1n) is 11.9. The summed E-state index contributed by atoms with van der Waals surface area (Å²) in [5.74, 6) is -0.212. The predicted molar refractivity (Wildman–Crippen MR) is 135 cm³/mol. The molecule has 1 heterocycles. The van der Waals surface area contributed by atoms with Crippen molar-refractivity contribution >= 4 is 6.03 Å². The third kappa shape index (κ3) is 6.66. The highest BCUT2D eigenvalue weighted by atomic mass is 19.1.